The molecule has 0 aliphatic carbocycles. The van der Waals surface area contributed by atoms with Gasteiger partial charge in [0.05, 0.1) is 23.8 Å². The van der Waals surface area contributed by atoms with Gasteiger partial charge < -0.3 is 4.74 Å². The number of benzene rings is 1. The topological polar surface area (TPSA) is 78.2 Å². The monoisotopic (exact) mass is 265 g/mol. The molecule has 0 aliphatic rings. The van der Waals surface area contributed by atoms with E-state index < -0.39 is 4.92 Å². The number of hydrogen-bond acceptors (Lipinski definition) is 5. The molecule has 1 heterocycles. The van der Waals surface area contributed by atoms with Crippen molar-refractivity contribution < 1.29 is 9.66 Å². The summed E-state index contributed by atoms with van der Waals surface area (Å²) in [5.41, 5.74) is 1.12. The molecule has 0 spiro atoms. The van der Waals surface area contributed by atoms with Gasteiger partial charge in [0.25, 0.3) is 5.69 Å². The van der Waals surface area contributed by atoms with Crippen LogP contribution in [0, 0.1) is 10.1 Å². The highest BCUT2D eigenvalue weighted by Crippen LogP contribution is 2.32. The van der Waals surface area contributed by atoms with E-state index >= 15 is 0 Å². The predicted octanol–water partition coefficient (Wildman–Crippen LogP) is 2.71. The first kappa shape index (κ1) is 12.3. The molecule has 0 radical (unpaired) electrons. The van der Waals surface area contributed by atoms with Crippen LogP contribution in [-0.2, 0) is 0 Å². The van der Waals surface area contributed by atoms with Crippen LogP contribution in [0.15, 0.2) is 30.6 Å². The molecule has 1 aromatic heterocycles. The average molecular weight is 266 g/mol. The fourth-order valence-electron chi connectivity index (χ4n) is 1.49. The highest BCUT2D eigenvalue weighted by molar-refractivity contribution is 6.29. The number of non-ortho nitro benzene ring substituents is 1. The first-order chi connectivity index (χ1) is 8.61. The SMILES string of the molecule is COc1cc([N+](=O)[O-])ccc1-c1cc(Cl)ncn1. The lowest BCUT2D eigenvalue weighted by molar-refractivity contribution is -0.384. The number of rotatable bonds is 3. The standard InChI is InChI=1S/C11H8ClN3O3/c1-18-10-4-7(15(16)17)2-3-8(10)9-5-11(12)14-6-13-9/h2-6H,1H3. The molecule has 0 saturated heterocycles. The molecule has 0 amide bonds. The van der Waals surface area contributed by atoms with Crippen molar-refractivity contribution in [2.75, 3.05) is 7.11 Å². The summed E-state index contributed by atoms with van der Waals surface area (Å²) >= 11 is 5.77. The molecule has 0 fully saturated rings. The largest absolute Gasteiger partial charge is 0.496 e. The van der Waals surface area contributed by atoms with E-state index in [-0.39, 0.29) is 5.69 Å². The van der Waals surface area contributed by atoms with E-state index in [0.29, 0.717) is 22.2 Å². The summed E-state index contributed by atoms with van der Waals surface area (Å²) in [6.45, 7) is 0. The molecule has 1 aromatic carbocycles. The Morgan fingerprint density at radius 1 is 1.33 bits per heavy atom. The van der Waals surface area contributed by atoms with Crippen LogP contribution in [0.3, 0.4) is 0 Å². The Kier molecular flexibility index (Phi) is 3.38. The van der Waals surface area contributed by atoms with Crippen LogP contribution in [-0.4, -0.2) is 22.0 Å². The van der Waals surface area contributed by atoms with E-state index in [9.17, 15) is 10.1 Å². The number of nitro benzene ring substituents is 1. The van der Waals surface area contributed by atoms with Gasteiger partial charge in [-0.25, -0.2) is 9.97 Å². The van der Waals surface area contributed by atoms with E-state index in [2.05, 4.69) is 9.97 Å². The first-order valence-electron chi connectivity index (χ1n) is 4.92. The Morgan fingerprint density at radius 2 is 2.11 bits per heavy atom. The van der Waals surface area contributed by atoms with E-state index in [1.165, 1.54) is 25.6 Å². The van der Waals surface area contributed by atoms with Crippen LogP contribution in [0.2, 0.25) is 5.15 Å². The molecule has 0 N–H and O–H groups in total. The second-order valence-electron chi connectivity index (χ2n) is 3.37. The summed E-state index contributed by atoms with van der Waals surface area (Å²) in [6.07, 6.45) is 1.32. The molecule has 0 bridgehead atoms. The molecule has 7 heteroatoms. The Balaban J connectivity index is 2.54. The zero-order valence-corrected chi connectivity index (χ0v) is 10.1. The second kappa shape index (κ2) is 4.97. The maximum atomic E-state index is 10.7. The minimum absolute atomic E-state index is 0.0456. The summed E-state index contributed by atoms with van der Waals surface area (Å²) in [5.74, 6) is 0.360. The van der Waals surface area contributed by atoms with Gasteiger partial charge in [-0.3, -0.25) is 10.1 Å². The van der Waals surface area contributed by atoms with Crippen LogP contribution in [0.4, 0.5) is 5.69 Å². The third-order valence-electron chi connectivity index (χ3n) is 2.31. The number of halogens is 1. The van der Waals surface area contributed by atoms with Crippen molar-refractivity contribution in [3.63, 3.8) is 0 Å². The van der Waals surface area contributed by atoms with Crippen molar-refractivity contribution in [2.45, 2.75) is 0 Å². The minimum atomic E-state index is -0.487. The molecule has 0 aliphatic heterocycles. The summed E-state index contributed by atoms with van der Waals surface area (Å²) in [5, 5.41) is 11.0. The number of aromatic nitrogens is 2. The van der Waals surface area contributed by atoms with Crippen LogP contribution in [0.5, 0.6) is 5.75 Å². The van der Waals surface area contributed by atoms with Crippen LogP contribution < -0.4 is 4.74 Å². The van der Waals surface area contributed by atoms with Crippen LogP contribution >= 0.6 is 11.6 Å². The quantitative estimate of drug-likeness (QED) is 0.484. The predicted molar refractivity (Wildman–Crippen MR) is 65.7 cm³/mol. The third-order valence-corrected chi connectivity index (χ3v) is 2.51. The zero-order valence-electron chi connectivity index (χ0n) is 9.33. The van der Waals surface area contributed by atoms with Crippen LogP contribution in [0.25, 0.3) is 11.3 Å². The van der Waals surface area contributed by atoms with Crippen molar-refractivity contribution in [1.29, 1.82) is 0 Å². The summed E-state index contributed by atoms with van der Waals surface area (Å²) in [7, 11) is 1.44. The minimum Gasteiger partial charge on any atom is -0.496 e. The first-order valence-corrected chi connectivity index (χ1v) is 5.30. The van der Waals surface area contributed by atoms with Crippen molar-refractivity contribution in [3.05, 3.63) is 45.9 Å². The lowest BCUT2D eigenvalue weighted by Gasteiger charge is -2.07. The van der Waals surface area contributed by atoms with Gasteiger partial charge in [0, 0.05) is 17.7 Å². The Morgan fingerprint density at radius 3 is 2.72 bits per heavy atom. The second-order valence-corrected chi connectivity index (χ2v) is 3.75. The summed E-state index contributed by atoms with van der Waals surface area (Å²) < 4.78 is 5.12. The molecule has 0 atom stereocenters. The van der Waals surface area contributed by atoms with E-state index in [4.69, 9.17) is 16.3 Å². The van der Waals surface area contributed by atoms with Gasteiger partial charge in [0.2, 0.25) is 0 Å². The fraction of sp³-hybridized carbons (Fsp3) is 0.0909. The molecule has 2 rings (SSSR count). The maximum absolute atomic E-state index is 10.7. The highest BCUT2D eigenvalue weighted by atomic mass is 35.5. The van der Waals surface area contributed by atoms with Crippen molar-refractivity contribution >= 4 is 17.3 Å². The number of nitro groups is 1. The van der Waals surface area contributed by atoms with Gasteiger partial charge >= 0.3 is 0 Å². The number of hydrogen-bond donors (Lipinski definition) is 0. The number of ether oxygens (including phenoxy) is 1. The summed E-state index contributed by atoms with van der Waals surface area (Å²) in [6, 6.07) is 5.85. The summed E-state index contributed by atoms with van der Waals surface area (Å²) in [4.78, 5) is 18.0. The lowest BCUT2D eigenvalue weighted by Crippen LogP contribution is -1.94. The maximum Gasteiger partial charge on any atom is 0.273 e. The van der Waals surface area contributed by atoms with Gasteiger partial charge in [0.15, 0.2) is 0 Å². The lowest BCUT2D eigenvalue weighted by atomic mass is 10.1. The third kappa shape index (κ3) is 2.38. The van der Waals surface area contributed by atoms with Crippen LogP contribution in [0.1, 0.15) is 0 Å². The van der Waals surface area contributed by atoms with E-state index in [0.717, 1.165) is 0 Å². The van der Waals surface area contributed by atoms with Crippen molar-refractivity contribution in [1.82, 2.24) is 9.97 Å². The van der Waals surface area contributed by atoms with Gasteiger partial charge in [-0.05, 0) is 6.07 Å². The molecule has 92 valence electrons. The molecule has 18 heavy (non-hydrogen) atoms. The number of nitrogens with zero attached hydrogens (tertiary/aromatic N) is 3. The Bertz CT molecular complexity index is 604. The van der Waals surface area contributed by atoms with E-state index in [1.807, 2.05) is 0 Å². The van der Waals surface area contributed by atoms with E-state index in [1.54, 1.807) is 12.1 Å². The van der Waals surface area contributed by atoms with Gasteiger partial charge in [-0.2, -0.15) is 0 Å². The smallest absolute Gasteiger partial charge is 0.273 e. The number of methoxy groups -OCH3 is 1. The normalized spacial score (nSPS) is 10.1. The van der Waals surface area contributed by atoms with Crippen molar-refractivity contribution in [3.8, 4) is 17.0 Å². The molecular formula is C11H8ClN3O3. The Hall–Kier alpha value is -2.21. The van der Waals surface area contributed by atoms with Gasteiger partial charge in [-0.15, -0.1) is 0 Å². The Labute approximate surface area is 107 Å². The molecule has 0 unspecified atom stereocenters. The molecule has 6 nitrogen and oxygen atoms in total. The fourth-order valence-corrected chi connectivity index (χ4v) is 1.63. The molecule has 2 aromatic rings. The van der Waals surface area contributed by atoms with Crippen molar-refractivity contribution in [2.24, 2.45) is 0 Å². The average Bonchev–Trinajstić information content (AvgIpc) is 2.37. The zero-order chi connectivity index (χ0) is 13.1. The highest BCUT2D eigenvalue weighted by Gasteiger charge is 2.13. The van der Waals surface area contributed by atoms with Gasteiger partial charge in [-0.1, -0.05) is 11.6 Å². The van der Waals surface area contributed by atoms with Gasteiger partial charge in [0.1, 0.15) is 17.2 Å². The molecular weight excluding hydrogens is 258 g/mol. The molecule has 0 saturated carbocycles.